The Kier molecular flexibility index (Phi) is 10.1. The van der Waals surface area contributed by atoms with E-state index in [-0.39, 0.29) is 0 Å². The molecule has 8 N–H and O–H groups in total. The van der Waals surface area contributed by atoms with E-state index in [2.05, 4.69) is 10.6 Å². The Morgan fingerprint density at radius 3 is 1.94 bits per heavy atom. The summed E-state index contributed by atoms with van der Waals surface area (Å²) in [4.78, 5) is 34.8. The van der Waals surface area contributed by atoms with Gasteiger partial charge in [-0.2, -0.15) is 0 Å². The van der Waals surface area contributed by atoms with E-state index >= 15 is 0 Å². The summed E-state index contributed by atoms with van der Waals surface area (Å²) in [5.41, 5.74) is 0. The molecule has 0 aromatic heterocycles. The zero-order valence-corrected chi connectivity index (χ0v) is 18.8. The minimum absolute atomic E-state index is 0.616. The molecule has 0 spiro atoms. The van der Waals surface area contributed by atoms with Gasteiger partial charge < -0.3 is 60.2 Å². The number of nitrogens with one attached hydrogen (secondary N) is 2. The molecular formula is C19H32N2O13. The molecular weight excluding hydrogens is 464 g/mol. The van der Waals surface area contributed by atoms with Gasteiger partial charge in [-0.1, -0.05) is 0 Å². The van der Waals surface area contributed by atoms with Crippen LogP contribution in [0.4, 0.5) is 0 Å². The predicted octanol–water partition coefficient (Wildman–Crippen LogP) is -4.61. The average molecular weight is 496 g/mol. The highest BCUT2D eigenvalue weighted by Gasteiger charge is 2.52. The second-order valence-corrected chi connectivity index (χ2v) is 8.09. The van der Waals surface area contributed by atoms with E-state index in [1.54, 1.807) is 0 Å². The molecule has 2 aliphatic heterocycles. The molecule has 0 aliphatic carbocycles. The summed E-state index contributed by atoms with van der Waals surface area (Å²) in [6, 6.07) is -2.71. The quantitative estimate of drug-likeness (QED) is 0.150. The van der Waals surface area contributed by atoms with Crippen LogP contribution in [0.5, 0.6) is 0 Å². The highest BCUT2D eigenvalue weighted by atomic mass is 16.7. The summed E-state index contributed by atoms with van der Waals surface area (Å²) in [5, 5.41) is 64.4. The van der Waals surface area contributed by atoms with Crippen molar-refractivity contribution in [1.29, 1.82) is 0 Å². The molecule has 15 nitrogen and oxygen atoms in total. The molecule has 0 aromatic rings. The van der Waals surface area contributed by atoms with E-state index in [0.717, 1.165) is 13.8 Å². The van der Waals surface area contributed by atoms with Gasteiger partial charge in [0.1, 0.15) is 48.7 Å². The van der Waals surface area contributed by atoms with Gasteiger partial charge in [0, 0.05) is 13.8 Å². The first-order chi connectivity index (χ1) is 15.9. The van der Waals surface area contributed by atoms with E-state index in [0.29, 0.717) is 0 Å². The predicted molar refractivity (Wildman–Crippen MR) is 108 cm³/mol. The van der Waals surface area contributed by atoms with E-state index in [4.69, 9.17) is 18.9 Å². The first-order valence-corrected chi connectivity index (χ1v) is 10.6. The van der Waals surface area contributed by atoms with E-state index in [9.17, 15) is 45.0 Å². The van der Waals surface area contributed by atoms with Gasteiger partial charge in [0.2, 0.25) is 11.8 Å². The van der Waals surface area contributed by atoms with Crippen LogP contribution < -0.4 is 10.6 Å². The highest BCUT2D eigenvalue weighted by Crippen LogP contribution is 2.30. The van der Waals surface area contributed by atoms with Gasteiger partial charge >= 0.3 is 5.97 Å². The van der Waals surface area contributed by atoms with Crippen molar-refractivity contribution in [3.05, 3.63) is 0 Å². The second kappa shape index (κ2) is 12.1. The number of aliphatic hydroxyl groups is 5. The summed E-state index contributed by atoms with van der Waals surface area (Å²) >= 11 is 0. The van der Waals surface area contributed by atoms with Crippen molar-refractivity contribution in [3.63, 3.8) is 0 Å². The number of hydrogen-bond donors (Lipinski definition) is 8. The standard InChI is InChI=1S/C19H32N2O13/c1-6(17(28)29)31-16-12(21-8(3)25)18(30)32-10(5-23)15(16)34-19-11(20-7(2)24)14(27)13(26)9(4-22)33-19/h6,9-16,18-19,22-23,26-27,30H,4-5H2,1-3H3,(H,20,24)(H,21,25)(H,28,29)/t6-,9+,10+,11+,12+,13+,14+,15+,16+,18-,19-/m0/s1. The van der Waals surface area contributed by atoms with E-state index in [1.165, 1.54) is 6.92 Å². The molecule has 15 heteroatoms. The second-order valence-electron chi connectivity index (χ2n) is 8.09. The van der Waals surface area contributed by atoms with Gasteiger partial charge in [-0.3, -0.25) is 9.59 Å². The Morgan fingerprint density at radius 1 is 0.882 bits per heavy atom. The molecule has 2 saturated heterocycles. The van der Waals surface area contributed by atoms with Crippen molar-refractivity contribution in [2.24, 2.45) is 0 Å². The number of hydrogen-bond acceptors (Lipinski definition) is 12. The van der Waals surface area contributed by atoms with Crippen molar-refractivity contribution < 1.29 is 64.0 Å². The van der Waals surface area contributed by atoms with Gasteiger partial charge in [-0.15, -0.1) is 0 Å². The number of ether oxygens (including phenoxy) is 4. The molecule has 0 radical (unpaired) electrons. The van der Waals surface area contributed by atoms with Crippen molar-refractivity contribution in [3.8, 4) is 0 Å². The average Bonchev–Trinajstić information content (AvgIpc) is 2.76. The lowest BCUT2D eigenvalue weighted by Gasteiger charge is -2.48. The van der Waals surface area contributed by atoms with Crippen LogP contribution in [0.3, 0.4) is 0 Å². The fourth-order valence-corrected chi connectivity index (χ4v) is 3.82. The minimum Gasteiger partial charge on any atom is -0.479 e. The number of carbonyl (C=O) groups is 3. The van der Waals surface area contributed by atoms with Gasteiger partial charge in [0.15, 0.2) is 18.7 Å². The van der Waals surface area contributed by atoms with E-state index in [1.807, 2.05) is 0 Å². The van der Waals surface area contributed by atoms with Crippen LogP contribution in [0.2, 0.25) is 0 Å². The Balaban J connectivity index is 2.44. The fraction of sp³-hybridized carbons (Fsp3) is 0.842. The Morgan fingerprint density at radius 2 is 1.44 bits per heavy atom. The summed E-state index contributed by atoms with van der Waals surface area (Å²) in [6.07, 6.45) is -13.5. The smallest absolute Gasteiger partial charge is 0.332 e. The topological polar surface area (TPSA) is 234 Å². The Hall–Kier alpha value is -1.95. The lowest BCUT2D eigenvalue weighted by atomic mass is 9.94. The van der Waals surface area contributed by atoms with Gasteiger partial charge in [-0.25, -0.2) is 4.79 Å². The fourth-order valence-electron chi connectivity index (χ4n) is 3.82. The molecule has 34 heavy (non-hydrogen) atoms. The molecule has 0 aromatic carbocycles. The van der Waals surface area contributed by atoms with Crippen LogP contribution in [0, 0.1) is 0 Å². The maximum atomic E-state index is 11.7. The van der Waals surface area contributed by atoms with Crippen LogP contribution in [-0.4, -0.2) is 129 Å². The van der Waals surface area contributed by atoms with Gasteiger partial charge in [0.25, 0.3) is 0 Å². The number of carboxylic acids is 1. The van der Waals surface area contributed by atoms with Crippen molar-refractivity contribution in [2.45, 2.75) is 88.2 Å². The molecule has 11 atom stereocenters. The summed E-state index contributed by atoms with van der Waals surface area (Å²) in [7, 11) is 0. The SMILES string of the molecule is CC(=O)N[C@@H]1[C@@H](O[C@@H](C)C(=O)O)[C@H](O[C@@H]2O[C@H](CO)[C@@H](O)[C@H](O)[C@H]2NC(C)=O)[C@@H](CO)O[C@@H]1O. The number of carbonyl (C=O) groups excluding carboxylic acids is 2. The summed E-state index contributed by atoms with van der Waals surface area (Å²) in [5.74, 6) is -2.60. The first kappa shape index (κ1) is 28.3. The molecule has 196 valence electrons. The van der Waals surface area contributed by atoms with Crippen molar-refractivity contribution in [1.82, 2.24) is 10.6 Å². The van der Waals surface area contributed by atoms with Crippen molar-refractivity contribution >= 4 is 17.8 Å². The first-order valence-electron chi connectivity index (χ1n) is 10.6. The highest BCUT2D eigenvalue weighted by molar-refractivity contribution is 5.74. The molecule has 0 bridgehead atoms. The molecule has 2 rings (SSSR count). The zero-order valence-electron chi connectivity index (χ0n) is 18.8. The largest absolute Gasteiger partial charge is 0.479 e. The van der Waals surface area contributed by atoms with Crippen LogP contribution in [0.15, 0.2) is 0 Å². The third-order valence-corrected chi connectivity index (χ3v) is 5.47. The van der Waals surface area contributed by atoms with Gasteiger partial charge in [0.05, 0.1) is 13.2 Å². The Labute approximate surface area is 194 Å². The minimum atomic E-state index is -1.72. The van der Waals surface area contributed by atoms with Crippen molar-refractivity contribution in [2.75, 3.05) is 13.2 Å². The molecule has 2 aliphatic rings. The summed E-state index contributed by atoms with van der Waals surface area (Å²) < 4.78 is 22.3. The lowest BCUT2D eigenvalue weighted by molar-refractivity contribution is -0.333. The number of aliphatic hydroxyl groups excluding tert-OH is 5. The maximum Gasteiger partial charge on any atom is 0.332 e. The van der Waals surface area contributed by atoms with E-state index < -0.39 is 98.4 Å². The monoisotopic (exact) mass is 496 g/mol. The number of rotatable bonds is 9. The summed E-state index contributed by atoms with van der Waals surface area (Å²) in [6.45, 7) is 2.00. The third-order valence-electron chi connectivity index (χ3n) is 5.47. The zero-order chi connectivity index (χ0) is 25.7. The van der Waals surface area contributed by atoms with Gasteiger partial charge in [-0.05, 0) is 6.92 Å². The lowest BCUT2D eigenvalue weighted by Crippen LogP contribution is -2.69. The van der Waals surface area contributed by atoms with Crippen LogP contribution in [0.1, 0.15) is 20.8 Å². The van der Waals surface area contributed by atoms with Crippen LogP contribution >= 0.6 is 0 Å². The molecule has 2 fully saturated rings. The number of amides is 2. The Bertz CT molecular complexity index is 724. The molecule has 0 saturated carbocycles. The normalized spacial score (nSPS) is 39.2. The maximum absolute atomic E-state index is 11.7. The molecule has 2 heterocycles. The number of carboxylic acid groups (broad SMARTS) is 1. The van der Waals surface area contributed by atoms with Crippen LogP contribution in [0.25, 0.3) is 0 Å². The third kappa shape index (κ3) is 6.59. The van der Waals surface area contributed by atoms with Crippen LogP contribution in [-0.2, 0) is 33.3 Å². The molecule has 0 unspecified atom stereocenters. The number of aliphatic carboxylic acids is 1. The molecule has 2 amide bonds.